The zero-order chi connectivity index (χ0) is 18.2. The van der Waals surface area contributed by atoms with E-state index in [-0.39, 0.29) is 24.1 Å². The molecule has 0 saturated heterocycles. The summed E-state index contributed by atoms with van der Waals surface area (Å²) in [4.78, 5) is 12.4. The third kappa shape index (κ3) is 6.53. The van der Waals surface area contributed by atoms with E-state index < -0.39 is 6.61 Å². The lowest BCUT2D eigenvalue weighted by Crippen LogP contribution is -2.30. The predicted octanol–water partition coefficient (Wildman–Crippen LogP) is 4.73. The van der Waals surface area contributed by atoms with Crippen molar-refractivity contribution in [2.24, 2.45) is 5.92 Å². The molecular weight excluding hydrogens is 324 g/mol. The Morgan fingerprint density at radius 1 is 1.04 bits per heavy atom. The van der Waals surface area contributed by atoms with E-state index in [2.05, 4.69) is 23.9 Å². The van der Waals surface area contributed by atoms with Crippen molar-refractivity contribution < 1.29 is 18.3 Å². The van der Waals surface area contributed by atoms with Gasteiger partial charge in [0.2, 0.25) is 5.91 Å². The molecule has 134 valence electrons. The number of ether oxygens (including phenoxy) is 1. The maximum atomic E-state index is 12.4. The van der Waals surface area contributed by atoms with E-state index in [0.717, 1.165) is 17.5 Å². The van der Waals surface area contributed by atoms with Crippen molar-refractivity contribution in [3.63, 3.8) is 0 Å². The molecule has 1 N–H and O–H groups in total. The molecule has 1 atom stereocenters. The molecule has 0 fully saturated rings. The van der Waals surface area contributed by atoms with Crippen LogP contribution in [0.5, 0.6) is 5.75 Å². The van der Waals surface area contributed by atoms with E-state index in [4.69, 9.17) is 0 Å². The van der Waals surface area contributed by atoms with Crippen LogP contribution in [0.4, 0.5) is 8.78 Å². The Kier molecular flexibility index (Phi) is 6.92. The van der Waals surface area contributed by atoms with Crippen molar-refractivity contribution in [1.29, 1.82) is 0 Å². The van der Waals surface area contributed by atoms with Gasteiger partial charge >= 0.3 is 6.61 Å². The molecule has 0 saturated carbocycles. The van der Waals surface area contributed by atoms with E-state index in [9.17, 15) is 13.6 Å². The number of nitrogens with one attached hydrogen (secondary N) is 1. The number of hydrogen-bond acceptors (Lipinski definition) is 2. The second-order valence-electron chi connectivity index (χ2n) is 6.36. The van der Waals surface area contributed by atoms with Crippen LogP contribution in [-0.4, -0.2) is 12.5 Å². The fourth-order valence-electron chi connectivity index (χ4n) is 2.65. The van der Waals surface area contributed by atoms with E-state index >= 15 is 0 Å². The normalized spacial score (nSPS) is 12.2. The molecule has 2 aromatic rings. The number of hydrogen-bond donors (Lipinski definition) is 1. The van der Waals surface area contributed by atoms with E-state index in [1.165, 1.54) is 12.1 Å². The van der Waals surface area contributed by atoms with E-state index in [1.807, 2.05) is 30.3 Å². The Balaban J connectivity index is 1.98. The van der Waals surface area contributed by atoms with Gasteiger partial charge in [-0.15, -0.1) is 0 Å². The summed E-state index contributed by atoms with van der Waals surface area (Å²) in [7, 11) is 0. The molecule has 0 aliphatic carbocycles. The van der Waals surface area contributed by atoms with E-state index in [1.54, 1.807) is 12.1 Å². The predicted molar refractivity (Wildman–Crippen MR) is 93.6 cm³/mol. The zero-order valence-corrected chi connectivity index (χ0v) is 14.4. The molecule has 25 heavy (non-hydrogen) atoms. The monoisotopic (exact) mass is 347 g/mol. The maximum Gasteiger partial charge on any atom is 0.387 e. The van der Waals surface area contributed by atoms with E-state index in [0.29, 0.717) is 5.92 Å². The second-order valence-corrected chi connectivity index (χ2v) is 6.36. The molecule has 3 nitrogen and oxygen atoms in total. The number of amides is 1. The van der Waals surface area contributed by atoms with Crippen molar-refractivity contribution in [2.75, 3.05) is 0 Å². The van der Waals surface area contributed by atoms with Gasteiger partial charge in [0.25, 0.3) is 0 Å². The third-order valence-electron chi connectivity index (χ3n) is 3.76. The quantitative estimate of drug-likeness (QED) is 0.749. The Hall–Kier alpha value is -2.43. The van der Waals surface area contributed by atoms with Crippen molar-refractivity contribution in [1.82, 2.24) is 5.32 Å². The van der Waals surface area contributed by atoms with Crippen LogP contribution in [0.1, 0.15) is 37.4 Å². The highest BCUT2D eigenvalue weighted by molar-refractivity contribution is 5.79. The highest BCUT2D eigenvalue weighted by Gasteiger charge is 2.16. The van der Waals surface area contributed by atoms with Gasteiger partial charge in [0, 0.05) is 0 Å². The summed E-state index contributed by atoms with van der Waals surface area (Å²) in [6, 6.07) is 15.9. The number of benzene rings is 2. The largest absolute Gasteiger partial charge is 0.435 e. The lowest BCUT2D eigenvalue weighted by Gasteiger charge is -2.21. The van der Waals surface area contributed by atoms with Crippen LogP contribution in [0.2, 0.25) is 0 Å². The molecular formula is C20H23F2NO2. The summed E-state index contributed by atoms with van der Waals surface area (Å²) in [5.41, 5.74) is 1.82. The van der Waals surface area contributed by atoms with Crippen LogP contribution in [0.25, 0.3) is 0 Å². The molecule has 0 radical (unpaired) electrons. The minimum Gasteiger partial charge on any atom is -0.435 e. The number of carbonyl (C=O) groups excluding carboxylic acids is 1. The van der Waals surface area contributed by atoms with Crippen molar-refractivity contribution in [3.8, 4) is 5.75 Å². The van der Waals surface area contributed by atoms with Crippen molar-refractivity contribution in [3.05, 3.63) is 65.7 Å². The highest BCUT2D eigenvalue weighted by Crippen LogP contribution is 2.21. The van der Waals surface area contributed by atoms with Gasteiger partial charge in [0.1, 0.15) is 5.75 Å². The zero-order valence-electron chi connectivity index (χ0n) is 14.4. The Morgan fingerprint density at radius 3 is 2.24 bits per heavy atom. The average molecular weight is 347 g/mol. The minimum absolute atomic E-state index is 0.0462. The summed E-state index contributed by atoms with van der Waals surface area (Å²) in [6.45, 7) is 1.38. The van der Waals surface area contributed by atoms with Crippen molar-refractivity contribution in [2.45, 2.75) is 39.3 Å². The Bertz CT molecular complexity index is 657. The number of carbonyl (C=O) groups is 1. The van der Waals surface area contributed by atoms with Gasteiger partial charge in [-0.05, 0) is 35.6 Å². The van der Waals surface area contributed by atoms with Gasteiger partial charge in [-0.1, -0.05) is 56.3 Å². The summed E-state index contributed by atoms with van der Waals surface area (Å²) in [5.74, 6) is 0.425. The highest BCUT2D eigenvalue weighted by atomic mass is 19.3. The van der Waals surface area contributed by atoms with Gasteiger partial charge in [-0.2, -0.15) is 8.78 Å². The average Bonchev–Trinajstić information content (AvgIpc) is 2.56. The first-order valence-electron chi connectivity index (χ1n) is 8.32. The molecule has 0 aliphatic heterocycles. The standard InChI is InChI=1S/C20H23F2NO2/c1-14(2)12-18(16-6-4-3-5-7-16)23-19(24)13-15-8-10-17(11-9-15)25-20(21)22/h3-11,14,18,20H,12-13H2,1-2H3,(H,23,24). The SMILES string of the molecule is CC(C)CC(NC(=O)Cc1ccc(OC(F)F)cc1)c1ccccc1. The Labute approximate surface area is 147 Å². The van der Waals surface area contributed by atoms with Crippen LogP contribution < -0.4 is 10.1 Å². The summed E-state index contributed by atoms with van der Waals surface area (Å²) in [5, 5.41) is 3.07. The van der Waals surface area contributed by atoms with Gasteiger partial charge in [0.05, 0.1) is 12.5 Å². The number of rotatable bonds is 8. The topological polar surface area (TPSA) is 38.3 Å². The molecule has 0 aliphatic rings. The van der Waals surface area contributed by atoms with Gasteiger partial charge in [-0.25, -0.2) is 0 Å². The van der Waals surface area contributed by atoms with Gasteiger partial charge in [-0.3, -0.25) is 4.79 Å². The Morgan fingerprint density at radius 2 is 1.68 bits per heavy atom. The summed E-state index contributed by atoms with van der Waals surface area (Å²) >= 11 is 0. The number of alkyl halides is 2. The first-order valence-corrected chi connectivity index (χ1v) is 8.32. The van der Waals surface area contributed by atoms with Crippen LogP contribution >= 0.6 is 0 Å². The first-order chi connectivity index (χ1) is 11.9. The van der Waals surface area contributed by atoms with Crippen LogP contribution in [0, 0.1) is 5.92 Å². The molecule has 1 unspecified atom stereocenters. The molecule has 1 amide bonds. The molecule has 0 aromatic heterocycles. The first kappa shape index (κ1) is 18.9. The lowest BCUT2D eigenvalue weighted by molar-refractivity contribution is -0.121. The van der Waals surface area contributed by atoms with Gasteiger partial charge in [0.15, 0.2) is 0 Å². The maximum absolute atomic E-state index is 12.4. The van der Waals surface area contributed by atoms with Crippen LogP contribution in [-0.2, 0) is 11.2 Å². The summed E-state index contributed by atoms with van der Waals surface area (Å²) < 4.78 is 28.6. The lowest BCUT2D eigenvalue weighted by atomic mass is 9.96. The van der Waals surface area contributed by atoms with Gasteiger partial charge < -0.3 is 10.1 Å². The molecule has 0 spiro atoms. The molecule has 5 heteroatoms. The molecule has 2 rings (SSSR count). The molecule has 2 aromatic carbocycles. The smallest absolute Gasteiger partial charge is 0.387 e. The van der Waals surface area contributed by atoms with Crippen LogP contribution in [0.15, 0.2) is 54.6 Å². The summed E-state index contributed by atoms with van der Waals surface area (Å²) in [6.07, 6.45) is 1.04. The molecule has 0 heterocycles. The van der Waals surface area contributed by atoms with Crippen molar-refractivity contribution >= 4 is 5.91 Å². The second kappa shape index (κ2) is 9.16. The fourth-order valence-corrected chi connectivity index (χ4v) is 2.65. The van der Waals surface area contributed by atoms with Crippen LogP contribution in [0.3, 0.4) is 0 Å². The fraction of sp³-hybridized carbons (Fsp3) is 0.350. The minimum atomic E-state index is -2.85. The number of halogens is 2. The third-order valence-corrected chi connectivity index (χ3v) is 3.76. The molecule has 0 bridgehead atoms.